The molecule has 1 rings (SSSR count). The van der Waals surface area contributed by atoms with E-state index in [9.17, 15) is 4.79 Å². The molecule has 5 heteroatoms. The summed E-state index contributed by atoms with van der Waals surface area (Å²) in [7, 11) is 7.03. The Morgan fingerprint density at radius 3 is 2.45 bits per heavy atom. The van der Waals surface area contributed by atoms with Crippen LogP contribution in [0, 0.1) is 0 Å². The zero-order valence-corrected chi connectivity index (χ0v) is 12.8. The molecule has 5 nitrogen and oxygen atoms in total. The van der Waals surface area contributed by atoms with E-state index in [4.69, 9.17) is 14.2 Å². The van der Waals surface area contributed by atoms with Gasteiger partial charge in [-0.15, -0.1) is 0 Å². The largest absolute Gasteiger partial charge is 0.493 e. The first-order valence-corrected chi connectivity index (χ1v) is 6.58. The van der Waals surface area contributed by atoms with Crippen LogP contribution < -0.4 is 9.47 Å². The third kappa shape index (κ3) is 3.87. The molecule has 112 valence electrons. The zero-order chi connectivity index (χ0) is 15.1. The van der Waals surface area contributed by atoms with Gasteiger partial charge < -0.3 is 19.1 Å². The van der Waals surface area contributed by atoms with Gasteiger partial charge in [0, 0.05) is 11.6 Å². The normalized spacial score (nSPS) is 12.1. The van der Waals surface area contributed by atoms with Gasteiger partial charge in [0.15, 0.2) is 11.5 Å². The van der Waals surface area contributed by atoms with Gasteiger partial charge in [0.25, 0.3) is 0 Å². The van der Waals surface area contributed by atoms with Crippen molar-refractivity contribution in [2.45, 2.75) is 19.4 Å². The quantitative estimate of drug-likeness (QED) is 0.717. The molecule has 1 aromatic rings. The molecule has 0 aliphatic rings. The molecule has 20 heavy (non-hydrogen) atoms. The number of hydrogen-bond acceptors (Lipinski definition) is 5. The fourth-order valence-electron chi connectivity index (χ4n) is 2.12. The van der Waals surface area contributed by atoms with Crippen molar-refractivity contribution in [1.82, 2.24) is 4.90 Å². The lowest BCUT2D eigenvalue weighted by molar-refractivity contribution is -0.144. The lowest BCUT2D eigenvalue weighted by atomic mass is 10.0. The lowest BCUT2D eigenvalue weighted by Gasteiger charge is -2.26. The number of carbonyl (C=O) groups excluding carboxylic acids is 1. The van der Waals surface area contributed by atoms with Gasteiger partial charge >= 0.3 is 5.97 Å². The van der Waals surface area contributed by atoms with Crippen LogP contribution in [0.5, 0.6) is 11.5 Å². The zero-order valence-electron chi connectivity index (χ0n) is 12.8. The van der Waals surface area contributed by atoms with Gasteiger partial charge in [0.2, 0.25) is 0 Å². The minimum absolute atomic E-state index is 0.126. The molecule has 1 unspecified atom stereocenters. The minimum atomic E-state index is -0.226. The maximum absolute atomic E-state index is 11.8. The molecule has 0 amide bonds. The van der Waals surface area contributed by atoms with Crippen LogP contribution in [0.2, 0.25) is 0 Å². The number of methoxy groups -OCH3 is 2. The number of ether oxygens (including phenoxy) is 3. The van der Waals surface area contributed by atoms with Gasteiger partial charge in [-0.3, -0.25) is 4.79 Å². The SMILES string of the molecule is CCOC(=O)CC(c1cccc(OC)c1OC)N(C)C. The van der Waals surface area contributed by atoms with Crippen LogP contribution in [0.3, 0.4) is 0 Å². The van der Waals surface area contributed by atoms with Gasteiger partial charge in [-0.1, -0.05) is 12.1 Å². The van der Waals surface area contributed by atoms with Gasteiger partial charge in [-0.2, -0.15) is 0 Å². The summed E-state index contributed by atoms with van der Waals surface area (Å²) >= 11 is 0. The highest BCUT2D eigenvalue weighted by molar-refractivity contribution is 5.71. The summed E-state index contributed by atoms with van der Waals surface area (Å²) in [5.74, 6) is 1.08. The summed E-state index contributed by atoms with van der Waals surface area (Å²) in [5, 5.41) is 0. The van der Waals surface area contributed by atoms with E-state index in [0.29, 0.717) is 18.1 Å². The molecule has 0 N–H and O–H groups in total. The Hall–Kier alpha value is -1.75. The van der Waals surface area contributed by atoms with E-state index in [1.165, 1.54) is 0 Å². The molecule has 0 bridgehead atoms. The molecule has 0 saturated carbocycles. The van der Waals surface area contributed by atoms with E-state index in [2.05, 4.69) is 0 Å². The maximum atomic E-state index is 11.8. The predicted molar refractivity (Wildman–Crippen MR) is 77.2 cm³/mol. The standard InChI is InChI=1S/C15H23NO4/c1-6-20-14(17)10-12(16(2)3)11-8-7-9-13(18-4)15(11)19-5/h7-9,12H,6,10H2,1-5H3. The van der Waals surface area contributed by atoms with E-state index in [0.717, 1.165) is 5.56 Å². The molecule has 0 aliphatic carbocycles. The first-order valence-electron chi connectivity index (χ1n) is 6.58. The van der Waals surface area contributed by atoms with Crippen LogP contribution in [-0.4, -0.2) is 45.8 Å². The third-order valence-corrected chi connectivity index (χ3v) is 3.08. The van der Waals surface area contributed by atoms with E-state index >= 15 is 0 Å². The number of carbonyl (C=O) groups is 1. The molecule has 0 spiro atoms. The van der Waals surface area contributed by atoms with Crippen LogP contribution in [0.1, 0.15) is 24.9 Å². The molecular formula is C15H23NO4. The first kappa shape index (κ1) is 16.3. The Balaban J connectivity index is 3.11. The van der Waals surface area contributed by atoms with Gasteiger partial charge in [0.1, 0.15) is 0 Å². The summed E-state index contributed by atoms with van der Waals surface area (Å²) in [5.41, 5.74) is 0.907. The number of para-hydroxylation sites is 1. The molecule has 0 saturated heterocycles. The van der Waals surface area contributed by atoms with Crippen molar-refractivity contribution >= 4 is 5.97 Å². The van der Waals surface area contributed by atoms with Crippen LogP contribution in [0.25, 0.3) is 0 Å². The molecular weight excluding hydrogens is 258 g/mol. The van der Waals surface area contributed by atoms with Crippen molar-refractivity contribution in [1.29, 1.82) is 0 Å². The van der Waals surface area contributed by atoms with Crippen molar-refractivity contribution in [3.63, 3.8) is 0 Å². The van der Waals surface area contributed by atoms with Crippen LogP contribution in [0.15, 0.2) is 18.2 Å². The Kier molecular flexibility index (Phi) is 6.31. The summed E-state index contributed by atoms with van der Waals surface area (Å²) in [6, 6.07) is 5.53. The second-order valence-corrected chi connectivity index (χ2v) is 4.57. The average Bonchev–Trinajstić information content (AvgIpc) is 2.43. The summed E-state index contributed by atoms with van der Waals surface area (Å²) in [4.78, 5) is 13.7. The topological polar surface area (TPSA) is 48.0 Å². The highest BCUT2D eigenvalue weighted by Gasteiger charge is 2.24. The van der Waals surface area contributed by atoms with E-state index in [1.807, 2.05) is 37.2 Å². The number of benzene rings is 1. The number of hydrogen-bond donors (Lipinski definition) is 0. The lowest BCUT2D eigenvalue weighted by Crippen LogP contribution is -2.24. The van der Waals surface area contributed by atoms with Gasteiger partial charge in [-0.05, 0) is 27.1 Å². The summed E-state index contributed by atoms with van der Waals surface area (Å²) < 4.78 is 15.8. The van der Waals surface area contributed by atoms with Crippen LogP contribution >= 0.6 is 0 Å². The first-order chi connectivity index (χ1) is 9.54. The molecule has 0 aliphatic heterocycles. The number of rotatable bonds is 7. The fourth-order valence-corrected chi connectivity index (χ4v) is 2.12. The Morgan fingerprint density at radius 2 is 1.95 bits per heavy atom. The highest BCUT2D eigenvalue weighted by atomic mass is 16.5. The Labute approximate surface area is 120 Å². The van der Waals surface area contributed by atoms with Crippen molar-refractivity contribution in [3.05, 3.63) is 23.8 Å². The molecule has 1 atom stereocenters. The van der Waals surface area contributed by atoms with Crippen LogP contribution in [-0.2, 0) is 9.53 Å². The summed E-state index contributed by atoms with van der Waals surface area (Å²) in [6.07, 6.45) is 0.268. The maximum Gasteiger partial charge on any atom is 0.307 e. The minimum Gasteiger partial charge on any atom is -0.493 e. The fraction of sp³-hybridized carbons (Fsp3) is 0.533. The average molecular weight is 281 g/mol. The molecule has 0 aromatic heterocycles. The highest BCUT2D eigenvalue weighted by Crippen LogP contribution is 2.37. The molecule has 0 fully saturated rings. The van der Waals surface area contributed by atoms with Crippen LogP contribution in [0.4, 0.5) is 0 Å². The molecule has 0 radical (unpaired) electrons. The number of nitrogens with zero attached hydrogens (tertiary/aromatic N) is 1. The van der Waals surface area contributed by atoms with Crippen molar-refractivity contribution in [2.75, 3.05) is 34.9 Å². The molecule has 1 aromatic carbocycles. The van der Waals surface area contributed by atoms with E-state index in [1.54, 1.807) is 21.1 Å². The Morgan fingerprint density at radius 1 is 1.25 bits per heavy atom. The smallest absolute Gasteiger partial charge is 0.307 e. The second kappa shape index (κ2) is 7.75. The molecule has 0 heterocycles. The monoisotopic (exact) mass is 281 g/mol. The van der Waals surface area contributed by atoms with E-state index in [-0.39, 0.29) is 18.4 Å². The van der Waals surface area contributed by atoms with Gasteiger partial charge in [0.05, 0.1) is 27.2 Å². The summed E-state index contributed by atoms with van der Waals surface area (Å²) in [6.45, 7) is 2.18. The van der Waals surface area contributed by atoms with Gasteiger partial charge in [-0.25, -0.2) is 0 Å². The Bertz CT molecular complexity index is 445. The third-order valence-electron chi connectivity index (χ3n) is 3.08. The van der Waals surface area contributed by atoms with Crippen molar-refractivity contribution < 1.29 is 19.0 Å². The van der Waals surface area contributed by atoms with Crippen molar-refractivity contribution in [2.24, 2.45) is 0 Å². The van der Waals surface area contributed by atoms with E-state index < -0.39 is 0 Å². The second-order valence-electron chi connectivity index (χ2n) is 4.57. The van der Waals surface area contributed by atoms with Crippen molar-refractivity contribution in [3.8, 4) is 11.5 Å². The number of esters is 1. The predicted octanol–water partition coefficient (Wildman–Crippen LogP) is 2.26.